The van der Waals surface area contributed by atoms with Gasteiger partial charge in [-0.15, -0.1) is 0 Å². The minimum atomic E-state index is 0.861. The highest BCUT2D eigenvalue weighted by atomic mass is 14.8. The lowest BCUT2D eigenvalue weighted by molar-refractivity contribution is 1.04. The molecule has 3 aromatic heterocycles. The fourth-order valence-electron chi connectivity index (χ4n) is 2.98. The van der Waals surface area contributed by atoms with Crippen molar-refractivity contribution in [3.05, 3.63) is 84.8 Å². The monoisotopic (exact) mass is 311 g/mol. The predicted octanol–water partition coefficient (Wildman–Crippen LogP) is 4.94. The Morgan fingerprint density at radius 1 is 0.708 bits per heavy atom. The van der Waals surface area contributed by atoms with Gasteiger partial charge in [0.15, 0.2) is 0 Å². The second-order valence-electron chi connectivity index (χ2n) is 5.65. The standard InChI is InChI=1S/C21H17N3/c1-2-8-16(9-3-1)17-12-15-24-21(19-11-5-7-14-23-19)20(17)18-10-4-6-13-22-18/h2,4-15H,1,3H2. The summed E-state index contributed by atoms with van der Waals surface area (Å²) in [5.41, 5.74) is 6.06. The van der Waals surface area contributed by atoms with Gasteiger partial charge in [0.1, 0.15) is 0 Å². The van der Waals surface area contributed by atoms with Crippen LogP contribution in [0.2, 0.25) is 0 Å². The van der Waals surface area contributed by atoms with Gasteiger partial charge in [-0.2, -0.15) is 0 Å². The summed E-state index contributed by atoms with van der Waals surface area (Å²) < 4.78 is 0. The minimum Gasteiger partial charge on any atom is -0.256 e. The number of hydrogen-bond donors (Lipinski definition) is 0. The Balaban J connectivity index is 1.98. The average molecular weight is 311 g/mol. The third-order valence-electron chi connectivity index (χ3n) is 4.09. The molecule has 0 aliphatic heterocycles. The van der Waals surface area contributed by atoms with E-state index in [1.165, 1.54) is 5.57 Å². The van der Waals surface area contributed by atoms with Gasteiger partial charge in [0.25, 0.3) is 0 Å². The van der Waals surface area contributed by atoms with Gasteiger partial charge in [0, 0.05) is 24.2 Å². The molecule has 0 aromatic carbocycles. The fourth-order valence-corrected chi connectivity index (χ4v) is 2.98. The van der Waals surface area contributed by atoms with Gasteiger partial charge in [-0.1, -0.05) is 30.4 Å². The maximum atomic E-state index is 4.63. The van der Waals surface area contributed by atoms with Crippen molar-refractivity contribution in [3.8, 4) is 22.6 Å². The highest BCUT2D eigenvalue weighted by molar-refractivity contribution is 5.91. The van der Waals surface area contributed by atoms with Crippen molar-refractivity contribution >= 4 is 5.57 Å². The van der Waals surface area contributed by atoms with Crippen LogP contribution in [0.4, 0.5) is 0 Å². The molecule has 1 aliphatic carbocycles. The second kappa shape index (κ2) is 6.59. The summed E-state index contributed by atoms with van der Waals surface area (Å²) in [6, 6.07) is 13.9. The molecule has 3 nitrogen and oxygen atoms in total. The van der Waals surface area contributed by atoms with E-state index in [1.54, 1.807) is 6.20 Å². The maximum absolute atomic E-state index is 4.63. The Hall–Kier alpha value is -3.07. The van der Waals surface area contributed by atoms with E-state index in [4.69, 9.17) is 0 Å². The third-order valence-corrected chi connectivity index (χ3v) is 4.09. The summed E-state index contributed by atoms with van der Waals surface area (Å²) in [4.78, 5) is 13.7. The Kier molecular flexibility index (Phi) is 3.98. The van der Waals surface area contributed by atoms with Gasteiger partial charge in [-0.05, 0) is 54.3 Å². The van der Waals surface area contributed by atoms with Crippen molar-refractivity contribution in [2.75, 3.05) is 0 Å². The number of allylic oxidation sites excluding steroid dienone is 4. The van der Waals surface area contributed by atoms with Crippen molar-refractivity contribution in [2.45, 2.75) is 12.8 Å². The molecule has 0 amide bonds. The van der Waals surface area contributed by atoms with Crippen molar-refractivity contribution in [1.82, 2.24) is 15.0 Å². The van der Waals surface area contributed by atoms with E-state index < -0.39 is 0 Å². The zero-order chi connectivity index (χ0) is 16.2. The molecule has 3 heteroatoms. The molecule has 0 saturated carbocycles. The summed E-state index contributed by atoms with van der Waals surface area (Å²) in [6.07, 6.45) is 14.3. The molecule has 0 atom stereocenters. The molecule has 0 saturated heterocycles. The van der Waals surface area contributed by atoms with Crippen LogP contribution in [-0.4, -0.2) is 15.0 Å². The lowest BCUT2D eigenvalue weighted by atomic mass is 9.92. The van der Waals surface area contributed by atoms with Gasteiger partial charge in [-0.25, -0.2) is 0 Å². The highest BCUT2D eigenvalue weighted by Gasteiger charge is 2.17. The zero-order valence-electron chi connectivity index (χ0n) is 13.3. The number of nitrogens with zero attached hydrogens (tertiary/aromatic N) is 3. The van der Waals surface area contributed by atoms with Crippen LogP contribution in [0.25, 0.3) is 28.2 Å². The topological polar surface area (TPSA) is 38.7 Å². The summed E-state index contributed by atoms with van der Waals surface area (Å²) in [5.74, 6) is 0. The van der Waals surface area contributed by atoms with E-state index >= 15 is 0 Å². The van der Waals surface area contributed by atoms with Crippen molar-refractivity contribution in [1.29, 1.82) is 0 Å². The van der Waals surface area contributed by atoms with Gasteiger partial charge < -0.3 is 0 Å². The number of aromatic nitrogens is 3. The molecule has 3 aromatic rings. The summed E-state index contributed by atoms with van der Waals surface area (Å²) in [6.45, 7) is 0. The Labute approximate surface area is 141 Å². The molecule has 3 heterocycles. The van der Waals surface area contributed by atoms with Gasteiger partial charge in [0.05, 0.1) is 17.1 Å². The van der Waals surface area contributed by atoms with Crippen LogP contribution < -0.4 is 0 Å². The predicted molar refractivity (Wildman–Crippen MR) is 97.1 cm³/mol. The normalized spacial score (nSPS) is 13.6. The van der Waals surface area contributed by atoms with Crippen LogP contribution in [0, 0.1) is 0 Å². The molecule has 0 unspecified atom stereocenters. The van der Waals surface area contributed by atoms with Crippen LogP contribution in [0.3, 0.4) is 0 Å². The highest BCUT2D eigenvalue weighted by Crippen LogP contribution is 2.36. The summed E-state index contributed by atoms with van der Waals surface area (Å²) >= 11 is 0. The third kappa shape index (κ3) is 2.76. The van der Waals surface area contributed by atoms with Crippen LogP contribution >= 0.6 is 0 Å². The first kappa shape index (κ1) is 14.5. The van der Waals surface area contributed by atoms with Crippen LogP contribution in [-0.2, 0) is 0 Å². The van der Waals surface area contributed by atoms with E-state index in [1.807, 2.05) is 48.8 Å². The van der Waals surface area contributed by atoms with Gasteiger partial charge in [0.2, 0.25) is 0 Å². The molecule has 4 rings (SSSR count). The quantitative estimate of drug-likeness (QED) is 0.687. The lowest BCUT2D eigenvalue weighted by Crippen LogP contribution is -1.98. The van der Waals surface area contributed by atoms with Crippen molar-refractivity contribution in [3.63, 3.8) is 0 Å². The minimum absolute atomic E-state index is 0.861. The van der Waals surface area contributed by atoms with Gasteiger partial charge >= 0.3 is 0 Å². The molecule has 0 bridgehead atoms. The smallest absolute Gasteiger partial charge is 0.0986 e. The molecule has 116 valence electrons. The Morgan fingerprint density at radius 3 is 2.17 bits per heavy atom. The molecular formula is C21H17N3. The first-order valence-corrected chi connectivity index (χ1v) is 8.12. The van der Waals surface area contributed by atoms with Crippen molar-refractivity contribution in [2.24, 2.45) is 0 Å². The number of hydrogen-bond acceptors (Lipinski definition) is 3. The molecule has 1 aliphatic rings. The average Bonchev–Trinajstić information content (AvgIpc) is 2.69. The van der Waals surface area contributed by atoms with Gasteiger partial charge in [-0.3, -0.25) is 15.0 Å². The van der Waals surface area contributed by atoms with Crippen LogP contribution in [0.15, 0.2) is 79.3 Å². The lowest BCUT2D eigenvalue weighted by Gasteiger charge is -2.15. The molecule has 24 heavy (non-hydrogen) atoms. The summed E-state index contributed by atoms with van der Waals surface area (Å²) in [5, 5.41) is 0. The van der Waals surface area contributed by atoms with E-state index in [-0.39, 0.29) is 0 Å². The van der Waals surface area contributed by atoms with Crippen molar-refractivity contribution < 1.29 is 0 Å². The van der Waals surface area contributed by atoms with Crippen LogP contribution in [0.1, 0.15) is 18.4 Å². The molecule has 0 N–H and O–H groups in total. The Morgan fingerprint density at radius 2 is 1.50 bits per heavy atom. The number of rotatable bonds is 3. The fraction of sp³-hybridized carbons (Fsp3) is 0.0952. The van der Waals surface area contributed by atoms with E-state index in [0.29, 0.717) is 0 Å². The SMILES string of the molecule is C1=CC(c2ccnc(-c3ccccn3)c2-c2ccccn2)=CCC1. The molecule has 0 fully saturated rings. The van der Waals surface area contributed by atoms with E-state index in [0.717, 1.165) is 41.1 Å². The molecule has 0 radical (unpaired) electrons. The zero-order valence-corrected chi connectivity index (χ0v) is 13.3. The van der Waals surface area contributed by atoms with Crippen LogP contribution in [0.5, 0.6) is 0 Å². The van der Waals surface area contributed by atoms with E-state index in [9.17, 15) is 0 Å². The first-order chi connectivity index (χ1) is 11.9. The Bertz CT molecular complexity index is 897. The number of pyridine rings is 3. The summed E-state index contributed by atoms with van der Waals surface area (Å²) in [7, 11) is 0. The maximum Gasteiger partial charge on any atom is 0.0986 e. The molecule has 0 spiro atoms. The largest absolute Gasteiger partial charge is 0.256 e. The van der Waals surface area contributed by atoms with E-state index in [2.05, 4.69) is 39.2 Å². The first-order valence-electron chi connectivity index (χ1n) is 8.12. The second-order valence-corrected chi connectivity index (χ2v) is 5.65. The molecular weight excluding hydrogens is 294 g/mol.